The molecule has 0 radical (unpaired) electrons. The van der Waals surface area contributed by atoms with Crippen molar-refractivity contribution in [2.45, 2.75) is 33.4 Å². The summed E-state index contributed by atoms with van der Waals surface area (Å²) in [5.41, 5.74) is 1.16. The molecule has 1 aromatic heterocycles. The van der Waals surface area contributed by atoms with Gasteiger partial charge in [-0.05, 0) is 32.4 Å². The number of aromatic nitrogens is 1. The fourth-order valence-corrected chi connectivity index (χ4v) is 3.08. The van der Waals surface area contributed by atoms with Crippen LogP contribution in [0.2, 0.25) is 0 Å². The normalized spacial score (nSPS) is 12.4. The van der Waals surface area contributed by atoms with Crippen molar-refractivity contribution < 1.29 is 9.31 Å². The zero-order valence-corrected chi connectivity index (χ0v) is 12.8. The van der Waals surface area contributed by atoms with Gasteiger partial charge in [0, 0.05) is 23.5 Å². The SMILES string of the molecule is Cc1nc(C)c(C(C)NCc2ccc([N+](=O)[O-])c(F)c2)s1. The summed E-state index contributed by atoms with van der Waals surface area (Å²) < 4.78 is 13.5. The Morgan fingerprint density at radius 1 is 1.48 bits per heavy atom. The van der Waals surface area contributed by atoms with Crippen molar-refractivity contribution in [3.05, 3.63) is 55.3 Å². The van der Waals surface area contributed by atoms with Crippen molar-refractivity contribution in [3.63, 3.8) is 0 Å². The second-order valence-electron chi connectivity index (χ2n) is 4.83. The van der Waals surface area contributed by atoms with E-state index in [4.69, 9.17) is 0 Å². The maximum absolute atomic E-state index is 13.5. The van der Waals surface area contributed by atoms with E-state index in [9.17, 15) is 14.5 Å². The Labute approximate surface area is 126 Å². The zero-order chi connectivity index (χ0) is 15.6. The predicted octanol–water partition coefficient (Wildman–Crippen LogP) is 3.66. The number of nitro groups is 1. The molecule has 0 aliphatic rings. The number of hydrogen-bond donors (Lipinski definition) is 1. The number of benzene rings is 1. The van der Waals surface area contributed by atoms with Crippen LogP contribution >= 0.6 is 11.3 Å². The van der Waals surface area contributed by atoms with Crippen LogP contribution < -0.4 is 5.32 Å². The molecule has 21 heavy (non-hydrogen) atoms. The third-order valence-electron chi connectivity index (χ3n) is 3.15. The van der Waals surface area contributed by atoms with Crippen molar-refractivity contribution in [2.24, 2.45) is 0 Å². The average Bonchev–Trinajstić information content (AvgIpc) is 2.74. The lowest BCUT2D eigenvalue weighted by Crippen LogP contribution is -2.18. The quantitative estimate of drug-likeness (QED) is 0.676. The Bertz CT molecular complexity index is 672. The summed E-state index contributed by atoms with van der Waals surface area (Å²) in [5.74, 6) is -0.809. The minimum absolute atomic E-state index is 0.0921. The maximum atomic E-state index is 13.5. The minimum atomic E-state index is -0.809. The third-order valence-corrected chi connectivity index (χ3v) is 4.41. The predicted molar refractivity (Wildman–Crippen MR) is 79.9 cm³/mol. The molecular formula is C14H16FN3O2S. The van der Waals surface area contributed by atoms with Gasteiger partial charge in [0.1, 0.15) is 0 Å². The zero-order valence-electron chi connectivity index (χ0n) is 12.0. The first-order valence-electron chi connectivity index (χ1n) is 6.48. The number of nitro benzene ring substituents is 1. The van der Waals surface area contributed by atoms with Gasteiger partial charge in [0.15, 0.2) is 0 Å². The van der Waals surface area contributed by atoms with Gasteiger partial charge in [-0.2, -0.15) is 4.39 Å². The minimum Gasteiger partial charge on any atom is -0.305 e. The van der Waals surface area contributed by atoms with Gasteiger partial charge < -0.3 is 5.32 Å². The van der Waals surface area contributed by atoms with E-state index >= 15 is 0 Å². The van der Waals surface area contributed by atoms with Crippen LogP contribution in [0, 0.1) is 29.8 Å². The van der Waals surface area contributed by atoms with Gasteiger partial charge in [-0.15, -0.1) is 11.3 Å². The van der Waals surface area contributed by atoms with E-state index in [-0.39, 0.29) is 6.04 Å². The van der Waals surface area contributed by atoms with Gasteiger partial charge in [-0.3, -0.25) is 10.1 Å². The molecule has 0 bridgehead atoms. The molecule has 112 valence electrons. The van der Waals surface area contributed by atoms with E-state index in [0.717, 1.165) is 15.6 Å². The molecule has 1 aromatic carbocycles. The highest BCUT2D eigenvalue weighted by atomic mass is 32.1. The van der Waals surface area contributed by atoms with E-state index in [1.807, 2.05) is 20.8 Å². The molecule has 2 aromatic rings. The van der Waals surface area contributed by atoms with Crippen LogP contribution in [0.25, 0.3) is 0 Å². The van der Waals surface area contributed by atoms with E-state index in [1.54, 1.807) is 17.4 Å². The molecule has 7 heteroatoms. The molecule has 1 N–H and O–H groups in total. The van der Waals surface area contributed by atoms with Crippen molar-refractivity contribution in [1.82, 2.24) is 10.3 Å². The Balaban J connectivity index is 2.04. The second kappa shape index (κ2) is 6.28. The first-order chi connectivity index (χ1) is 9.88. The standard InChI is InChI=1S/C14H16FN3O2S/c1-8(14-9(2)17-10(3)21-14)16-7-11-4-5-13(18(19)20)12(15)6-11/h4-6,8,16H,7H2,1-3H3. The smallest absolute Gasteiger partial charge is 0.304 e. The fraction of sp³-hybridized carbons (Fsp3) is 0.357. The van der Waals surface area contributed by atoms with Crippen LogP contribution in [0.1, 0.15) is 34.1 Å². The fourth-order valence-electron chi connectivity index (χ4n) is 2.12. The Kier molecular flexibility index (Phi) is 4.64. The van der Waals surface area contributed by atoms with Gasteiger partial charge in [0.2, 0.25) is 5.82 Å². The summed E-state index contributed by atoms with van der Waals surface area (Å²) in [5, 5.41) is 14.9. The first-order valence-corrected chi connectivity index (χ1v) is 7.30. The number of hydrogen-bond acceptors (Lipinski definition) is 5. The Hall–Kier alpha value is -1.86. The average molecular weight is 309 g/mol. The number of nitrogens with zero attached hydrogens (tertiary/aromatic N) is 2. The van der Waals surface area contributed by atoms with Crippen LogP contribution in [0.4, 0.5) is 10.1 Å². The second-order valence-corrected chi connectivity index (χ2v) is 6.06. The van der Waals surface area contributed by atoms with Crippen LogP contribution in [0.5, 0.6) is 0 Å². The Morgan fingerprint density at radius 2 is 2.19 bits per heavy atom. The van der Waals surface area contributed by atoms with Crippen molar-refractivity contribution in [1.29, 1.82) is 0 Å². The summed E-state index contributed by atoms with van der Waals surface area (Å²) in [6, 6.07) is 4.04. The van der Waals surface area contributed by atoms with Gasteiger partial charge in [0.25, 0.3) is 0 Å². The van der Waals surface area contributed by atoms with Crippen LogP contribution in [-0.2, 0) is 6.54 Å². The van der Waals surface area contributed by atoms with Crippen molar-refractivity contribution >= 4 is 17.0 Å². The van der Waals surface area contributed by atoms with Gasteiger partial charge >= 0.3 is 5.69 Å². The molecule has 0 spiro atoms. The summed E-state index contributed by atoms with van der Waals surface area (Å²) in [4.78, 5) is 15.4. The van der Waals surface area contributed by atoms with E-state index in [1.165, 1.54) is 12.1 Å². The number of thiazole rings is 1. The van der Waals surface area contributed by atoms with Crippen molar-refractivity contribution in [2.75, 3.05) is 0 Å². The topological polar surface area (TPSA) is 68.1 Å². The number of aryl methyl sites for hydroxylation is 2. The molecule has 0 saturated carbocycles. The number of rotatable bonds is 5. The van der Waals surface area contributed by atoms with E-state index < -0.39 is 16.4 Å². The molecule has 0 aliphatic heterocycles. The highest BCUT2D eigenvalue weighted by Gasteiger charge is 2.15. The summed E-state index contributed by atoms with van der Waals surface area (Å²) in [6.07, 6.45) is 0. The molecule has 5 nitrogen and oxygen atoms in total. The molecule has 2 rings (SSSR count). The van der Waals surface area contributed by atoms with Crippen LogP contribution in [-0.4, -0.2) is 9.91 Å². The van der Waals surface area contributed by atoms with Gasteiger partial charge in [-0.25, -0.2) is 4.98 Å². The third kappa shape index (κ3) is 3.62. The lowest BCUT2D eigenvalue weighted by Gasteiger charge is -2.13. The summed E-state index contributed by atoms with van der Waals surface area (Å²) in [7, 11) is 0. The summed E-state index contributed by atoms with van der Waals surface area (Å²) in [6.45, 7) is 6.37. The lowest BCUT2D eigenvalue weighted by atomic mass is 10.1. The van der Waals surface area contributed by atoms with Crippen LogP contribution in [0.15, 0.2) is 18.2 Å². The summed E-state index contributed by atoms with van der Waals surface area (Å²) >= 11 is 1.63. The Morgan fingerprint density at radius 3 is 2.71 bits per heavy atom. The number of halogens is 1. The first kappa shape index (κ1) is 15.5. The molecule has 1 atom stereocenters. The molecule has 0 aliphatic carbocycles. The lowest BCUT2D eigenvalue weighted by molar-refractivity contribution is -0.387. The van der Waals surface area contributed by atoms with Gasteiger partial charge in [0.05, 0.1) is 15.6 Å². The highest BCUT2D eigenvalue weighted by Crippen LogP contribution is 2.25. The number of nitrogens with one attached hydrogen (secondary N) is 1. The van der Waals surface area contributed by atoms with Gasteiger partial charge in [-0.1, -0.05) is 6.07 Å². The monoisotopic (exact) mass is 309 g/mol. The van der Waals surface area contributed by atoms with E-state index in [0.29, 0.717) is 12.1 Å². The molecule has 0 saturated heterocycles. The largest absolute Gasteiger partial charge is 0.305 e. The highest BCUT2D eigenvalue weighted by molar-refractivity contribution is 7.11. The van der Waals surface area contributed by atoms with Crippen molar-refractivity contribution in [3.8, 4) is 0 Å². The molecular weight excluding hydrogens is 293 g/mol. The maximum Gasteiger partial charge on any atom is 0.304 e. The molecule has 0 fully saturated rings. The molecule has 1 heterocycles. The van der Waals surface area contributed by atoms with Crippen LogP contribution in [0.3, 0.4) is 0 Å². The van der Waals surface area contributed by atoms with E-state index in [2.05, 4.69) is 10.3 Å². The molecule has 0 amide bonds. The molecule has 1 unspecified atom stereocenters.